The van der Waals surface area contributed by atoms with Gasteiger partial charge in [0.15, 0.2) is 0 Å². The molecule has 7 heteroatoms. The summed E-state index contributed by atoms with van der Waals surface area (Å²) in [5, 5.41) is 22.2. The summed E-state index contributed by atoms with van der Waals surface area (Å²) in [6.45, 7) is 3.94. The van der Waals surface area contributed by atoms with Crippen LogP contribution in [-0.2, 0) is 17.9 Å². The standard InChI is InChI=1S/C10H19N5O2/c1-2-3-12-10(17)7-11-6-9-8-15(4-5-16)14-13-9/h8,11,16H,2-7H2,1H3,(H,12,17). The van der Waals surface area contributed by atoms with Crippen LogP contribution in [0.15, 0.2) is 6.20 Å². The van der Waals surface area contributed by atoms with Crippen molar-refractivity contribution >= 4 is 5.91 Å². The van der Waals surface area contributed by atoms with Gasteiger partial charge >= 0.3 is 0 Å². The Morgan fingerprint density at radius 3 is 3.12 bits per heavy atom. The lowest BCUT2D eigenvalue weighted by Crippen LogP contribution is -2.34. The first kappa shape index (κ1) is 13.6. The summed E-state index contributed by atoms with van der Waals surface area (Å²) >= 11 is 0. The Morgan fingerprint density at radius 1 is 1.59 bits per heavy atom. The lowest BCUT2D eigenvalue weighted by atomic mass is 10.4. The molecule has 0 aliphatic heterocycles. The van der Waals surface area contributed by atoms with E-state index in [0.717, 1.165) is 12.1 Å². The second-order valence-corrected chi connectivity index (χ2v) is 3.65. The lowest BCUT2D eigenvalue weighted by molar-refractivity contribution is -0.120. The maximum absolute atomic E-state index is 11.3. The summed E-state index contributed by atoms with van der Waals surface area (Å²) in [5.41, 5.74) is 0.752. The number of rotatable bonds is 8. The Hall–Kier alpha value is -1.47. The summed E-state index contributed by atoms with van der Waals surface area (Å²) < 4.78 is 1.56. The normalized spacial score (nSPS) is 10.5. The fourth-order valence-corrected chi connectivity index (χ4v) is 1.26. The molecule has 0 bridgehead atoms. The summed E-state index contributed by atoms with van der Waals surface area (Å²) in [7, 11) is 0. The third-order valence-electron chi connectivity index (χ3n) is 2.08. The zero-order valence-electron chi connectivity index (χ0n) is 10.0. The molecular weight excluding hydrogens is 222 g/mol. The van der Waals surface area contributed by atoms with E-state index in [1.165, 1.54) is 0 Å². The van der Waals surface area contributed by atoms with Gasteiger partial charge in [0, 0.05) is 19.3 Å². The number of hydrogen-bond acceptors (Lipinski definition) is 5. The third-order valence-corrected chi connectivity index (χ3v) is 2.08. The highest BCUT2D eigenvalue weighted by molar-refractivity contribution is 5.77. The number of carbonyl (C=O) groups excluding carboxylic acids is 1. The summed E-state index contributed by atoms with van der Waals surface area (Å²) in [4.78, 5) is 11.3. The van der Waals surface area contributed by atoms with Gasteiger partial charge < -0.3 is 15.7 Å². The summed E-state index contributed by atoms with van der Waals surface area (Å²) in [6.07, 6.45) is 2.67. The monoisotopic (exact) mass is 241 g/mol. The van der Waals surface area contributed by atoms with Crippen LogP contribution < -0.4 is 10.6 Å². The van der Waals surface area contributed by atoms with Crippen molar-refractivity contribution in [3.8, 4) is 0 Å². The molecule has 0 saturated carbocycles. The van der Waals surface area contributed by atoms with Crippen molar-refractivity contribution in [3.63, 3.8) is 0 Å². The van der Waals surface area contributed by atoms with Crippen molar-refractivity contribution in [2.45, 2.75) is 26.4 Å². The minimum atomic E-state index is -0.0189. The van der Waals surface area contributed by atoms with Crippen LogP contribution in [-0.4, -0.2) is 45.7 Å². The van der Waals surface area contributed by atoms with E-state index >= 15 is 0 Å². The first-order chi connectivity index (χ1) is 8.26. The van der Waals surface area contributed by atoms with Gasteiger partial charge in [-0.2, -0.15) is 0 Å². The molecule has 1 rings (SSSR count). The smallest absolute Gasteiger partial charge is 0.233 e. The van der Waals surface area contributed by atoms with Gasteiger partial charge in [-0.3, -0.25) is 4.79 Å². The molecule has 7 nitrogen and oxygen atoms in total. The Morgan fingerprint density at radius 2 is 2.41 bits per heavy atom. The van der Waals surface area contributed by atoms with Crippen LogP contribution in [0.25, 0.3) is 0 Å². The molecule has 17 heavy (non-hydrogen) atoms. The molecule has 0 radical (unpaired) electrons. The predicted molar refractivity (Wildman–Crippen MR) is 62.1 cm³/mol. The molecule has 1 aromatic heterocycles. The van der Waals surface area contributed by atoms with Gasteiger partial charge in [0.05, 0.1) is 25.4 Å². The number of aromatic nitrogens is 3. The molecule has 1 aromatic rings. The molecule has 0 aliphatic rings. The van der Waals surface area contributed by atoms with Crippen molar-refractivity contribution in [1.82, 2.24) is 25.6 Å². The average molecular weight is 241 g/mol. The van der Waals surface area contributed by atoms with E-state index in [0.29, 0.717) is 19.6 Å². The highest BCUT2D eigenvalue weighted by atomic mass is 16.3. The molecule has 96 valence electrons. The van der Waals surface area contributed by atoms with Crippen molar-refractivity contribution in [3.05, 3.63) is 11.9 Å². The highest BCUT2D eigenvalue weighted by Crippen LogP contribution is 1.91. The Bertz CT molecular complexity index is 339. The number of carbonyl (C=O) groups is 1. The first-order valence-corrected chi connectivity index (χ1v) is 5.73. The van der Waals surface area contributed by atoms with Crippen molar-refractivity contribution < 1.29 is 9.90 Å². The van der Waals surface area contributed by atoms with E-state index in [1.54, 1.807) is 10.9 Å². The van der Waals surface area contributed by atoms with Crippen molar-refractivity contribution in [2.24, 2.45) is 0 Å². The Labute approximate surface area is 100 Å². The maximum atomic E-state index is 11.3. The van der Waals surface area contributed by atoms with Crippen LogP contribution in [0.3, 0.4) is 0 Å². The molecule has 0 atom stereocenters. The van der Waals surface area contributed by atoms with Crippen LogP contribution in [0.5, 0.6) is 0 Å². The quantitative estimate of drug-likeness (QED) is 0.536. The number of hydrogen-bond donors (Lipinski definition) is 3. The second kappa shape index (κ2) is 7.75. The molecule has 0 aromatic carbocycles. The molecule has 0 spiro atoms. The van der Waals surface area contributed by atoms with Crippen LogP contribution in [0.1, 0.15) is 19.0 Å². The summed E-state index contributed by atoms with van der Waals surface area (Å²) in [5.74, 6) is -0.0189. The van der Waals surface area contributed by atoms with E-state index in [-0.39, 0.29) is 19.1 Å². The van der Waals surface area contributed by atoms with Gasteiger partial charge in [0.1, 0.15) is 0 Å². The number of amides is 1. The molecule has 0 saturated heterocycles. The number of aliphatic hydroxyl groups is 1. The van der Waals surface area contributed by atoms with E-state index in [1.807, 2.05) is 6.92 Å². The van der Waals surface area contributed by atoms with Gasteiger partial charge in [0.2, 0.25) is 5.91 Å². The van der Waals surface area contributed by atoms with Crippen LogP contribution in [0.2, 0.25) is 0 Å². The molecule has 0 aliphatic carbocycles. The maximum Gasteiger partial charge on any atom is 0.233 e. The molecule has 1 heterocycles. The van der Waals surface area contributed by atoms with E-state index in [4.69, 9.17) is 5.11 Å². The minimum absolute atomic E-state index is 0.0189. The van der Waals surface area contributed by atoms with Gasteiger partial charge in [-0.25, -0.2) is 4.68 Å². The van der Waals surface area contributed by atoms with Crippen LogP contribution in [0.4, 0.5) is 0 Å². The third kappa shape index (κ3) is 5.41. The SMILES string of the molecule is CCCNC(=O)CNCc1cn(CCO)nn1. The number of nitrogens with zero attached hydrogens (tertiary/aromatic N) is 3. The van der Waals surface area contributed by atoms with Crippen molar-refractivity contribution in [2.75, 3.05) is 19.7 Å². The van der Waals surface area contributed by atoms with Gasteiger partial charge in [0.25, 0.3) is 0 Å². The van der Waals surface area contributed by atoms with Crippen LogP contribution >= 0.6 is 0 Å². The van der Waals surface area contributed by atoms with Gasteiger partial charge in [-0.15, -0.1) is 5.10 Å². The zero-order chi connectivity index (χ0) is 12.5. The van der Waals surface area contributed by atoms with Crippen LogP contribution in [0, 0.1) is 0 Å². The fourth-order valence-electron chi connectivity index (χ4n) is 1.26. The first-order valence-electron chi connectivity index (χ1n) is 5.73. The molecular formula is C10H19N5O2. The van der Waals surface area contributed by atoms with Crippen molar-refractivity contribution in [1.29, 1.82) is 0 Å². The fraction of sp³-hybridized carbons (Fsp3) is 0.700. The largest absolute Gasteiger partial charge is 0.394 e. The highest BCUT2D eigenvalue weighted by Gasteiger charge is 2.02. The molecule has 3 N–H and O–H groups in total. The molecule has 1 amide bonds. The Balaban J connectivity index is 2.19. The van der Waals surface area contributed by atoms with Gasteiger partial charge in [-0.05, 0) is 6.42 Å². The van der Waals surface area contributed by atoms with Gasteiger partial charge in [-0.1, -0.05) is 12.1 Å². The van der Waals surface area contributed by atoms with E-state index in [9.17, 15) is 4.79 Å². The van der Waals surface area contributed by atoms with E-state index < -0.39 is 0 Å². The molecule has 0 fully saturated rings. The second-order valence-electron chi connectivity index (χ2n) is 3.65. The Kier molecular flexibility index (Phi) is 6.19. The van der Waals surface area contributed by atoms with E-state index in [2.05, 4.69) is 20.9 Å². The topological polar surface area (TPSA) is 92.1 Å². The predicted octanol–water partition coefficient (Wildman–Crippen LogP) is -1.11. The number of aliphatic hydroxyl groups excluding tert-OH is 1. The minimum Gasteiger partial charge on any atom is -0.394 e. The molecule has 0 unspecified atom stereocenters. The zero-order valence-corrected chi connectivity index (χ0v) is 10.0. The summed E-state index contributed by atoms with van der Waals surface area (Å²) in [6, 6.07) is 0. The number of nitrogens with one attached hydrogen (secondary N) is 2. The lowest BCUT2D eigenvalue weighted by Gasteiger charge is -2.03. The average Bonchev–Trinajstić information content (AvgIpc) is 2.75.